The highest BCUT2D eigenvalue weighted by Gasteiger charge is 2.13. The van der Waals surface area contributed by atoms with Crippen LogP contribution >= 0.6 is 15.9 Å². The Morgan fingerprint density at radius 1 is 1.31 bits per heavy atom. The number of halogens is 2. The quantitative estimate of drug-likeness (QED) is 0.767. The topological polar surface area (TPSA) is 18.5 Å². The third-order valence-corrected chi connectivity index (χ3v) is 2.14. The van der Waals surface area contributed by atoms with Gasteiger partial charge in [-0.05, 0) is 18.2 Å². The molecule has 0 atom stereocenters. The molecule has 2 nitrogen and oxygen atoms in total. The highest BCUT2D eigenvalue weighted by molar-refractivity contribution is 9.10. The van der Waals surface area contributed by atoms with Crippen LogP contribution in [-0.2, 0) is 9.47 Å². The monoisotopic (exact) mass is 248 g/mol. The zero-order chi connectivity index (χ0) is 9.84. The number of ether oxygens (including phenoxy) is 2. The Labute approximate surface area is 84.8 Å². The Morgan fingerprint density at radius 2 is 1.92 bits per heavy atom. The van der Waals surface area contributed by atoms with Gasteiger partial charge in [0.2, 0.25) is 0 Å². The molecular weight excluding hydrogens is 239 g/mol. The van der Waals surface area contributed by atoms with E-state index in [1.807, 2.05) is 0 Å². The summed E-state index contributed by atoms with van der Waals surface area (Å²) < 4.78 is 23.8. The highest BCUT2D eigenvalue weighted by atomic mass is 79.9. The maximum Gasteiger partial charge on any atom is 0.185 e. The Morgan fingerprint density at radius 3 is 2.38 bits per heavy atom. The van der Waals surface area contributed by atoms with Gasteiger partial charge in [0.15, 0.2) is 6.29 Å². The Bertz CT molecular complexity index is 287. The van der Waals surface area contributed by atoms with Gasteiger partial charge in [0.25, 0.3) is 0 Å². The van der Waals surface area contributed by atoms with Crippen molar-refractivity contribution < 1.29 is 13.9 Å². The van der Waals surface area contributed by atoms with Crippen molar-refractivity contribution in [3.8, 4) is 0 Å². The molecule has 4 heteroatoms. The van der Waals surface area contributed by atoms with E-state index in [-0.39, 0.29) is 5.82 Å². The summed E-state index contributed by atoms with van der Waals surface area (Å²) in [5.41, 5.74) is 0.396. The lowest BCUT2D eigenvalue weighted by atomic mass is 10.2. The zero-order valence-corrected chi connectivity index (χ0v) is 8.97. The molecule has 0 aliphatic heterocycles. The largest absolute Gasteiger partial charge is 0.352 e. The lowest BCUT2D eigenvalue weighted by molar-refractivity contribution is -0.107. The summed E-state index contributed by atoms with van der Waals surface area (Å²) in [6.45, 7) is 0. The van der Waals surface area contributed by atoms with E-state index >= 15 is 0 Å². The molecule has 1 aromatic carbocycles. The molecule has 0 heterocycles. The van der Waals surface area contributed by atoms with Crippen molar-refractivity contribution in [1.29, 1.82) is 0 Å². The second-order valence-electron chi connectivity index (χ2n) is 2.47. The van der Waals surface area contributed by atoms with E-state index in [9.17, 15) is 4.39 Å². The standard InChI is InChI=1S/C9H10BrFO2/c1-12-9(13-2)7-4-3-6(10)5-8(7)11/h3-5,9H,1-2H3. The van der Waals surface area contributed by atoms with Crippen LogP contribution < -0.4 is 0 Å². The number of hydrogen-bond acceptors (Lipinski definition) is 2. The molecule has 0 N–H and O–H groups in total. The third-order valence-electron chi connectivity index (χ3n) is 1.64. The van der Waals surface area contributed by atoms with Crippen LogP contribution in [0.25, 0.3) is 0 Å². The minimum Gasteiger partial charge on any atom is -0.352 e. The molecule has 0 aromatic heterocycles. The summed E-state index contributed by atoms with van der Waals surface area (Å²) in [4.78, 5) is 0. The fourth-order valence-electron chi connectivity index (χ4n) is 1.04. The fraction of sp³-hybridized carbons (Fsp3) is 0.333. The molecular formula is C9H10BrFO2. The van der Waals surface area contributed by atoms with Crippen molar-refractivity contribution >= 4 is 15.9 Å². The van der Waals surface area contributed by atoms with Gasteiger partial charge in [-0.3, -0.25) is 0 Å². The molecule has 0 aliphatic carbocycles. The molecule has 0 saturated carbocycles. The second-order valence-corrected chi connectivity index (χ2v) is 3.38. The average molecular weight is 249 g/mol. The lowest BCUT2D eigenvalue weighted by Gasteiger charge is -2.14. The molecule has 0 spiro atoms. The molecule has 0 bridgehead atoms. The first-order valence-electron chi connectivity index (χ1n) is 3.69. The molecule has 0 fully saturated rings. The summed E-state index contributed by atoms with van der Waals surface area (Å²) >= 11 is 3.17. The zero-order valence-electron chi connectivity index (χ0n) is 7.38. The van der Waals surface area contributed by atoms with Gasteiger partial charge in [-0.25, -0.2) is 4.39 Å². The van der Waals surface area contributed by atoms with Gasteiger partial charge in [0, 0.05) is 24.3 Å². The van der Waals surface area contributed by atoms with Crippen molar-refractivity contribution in [2.75, 3.05) is 14.2 Å². The van der Waals surface area contributed by atoms with Crippen LogP contribution in [0, 0.1) is 5.82 Å². The Hall–Kier alpha value is -0.450. The van der Waals surface area contributed by atoms with Crippen molar-refractivity contribution in [1.82, 2.24) is 0 Å². The summed E-state index contributed by atoms with van der Waals surface area (Å²) in [5, 5.41) is 0. The minimum absolute atomic E-state index is 0.344. The number of rotatable bonds is 3. The van der Waals surface area contributed by atoms with Gasteiger partial charge in [0.05, 0.1) is 0 Å². The van der Waals surface area contributed by atoms with E-state index in [0.29, 0.717) is 10.0 Å². The van der Waals surface area contributed by atoms with Crippen LogP contribution in [0.3, 0.4) is 0 Å². The summed E-state index contributed by atoms with van der Waals surface area (Å²) in [7, 11) is 2.94. The fourth-order valence-corrected chi connectivity index (χ4v) is 1.38. The van der Waals surface area contributed by atoms with Crippen LogP contribution in [0.15, 0.2) is 22.7 Å². The first-order chi connectivity index (χ1) is 6.19. The van der Waals surface area contributed by atoms with Gasteiger partial charge in [0.1, 0.15) is 5.82 Å². The summed E-state index contributed by atoms with van der Waals surface area (Å²) in [5.74, 6) is -0.344. The van der Waals surface area contributed by atoms with E-state index < -0.39 is 6.29 Å². The molecule has 0 radical (unpaired) electrons. The van der Waals surface area contributed by atoms with Crippen LogP contribution in [0.1, 0.15) is 11.9 Å². The maximum absolute atomic E-state index is 13.3. The van der Waals surface area contributed by atoms with Crippen molar-refractivity contribution in [2.45, 2.75) is 6.29 Å². The van der Waals surface area contributed by atoms with Crippen molar-refractivity contribution in [2.24, 2.45) is 0 Å². The van der Waals surface area contributed by atoms with Crippen LogP contribution in [0.5, 0.6) is 0 Å². The third kappa shape index (κ3) is 2.49. The minimum atomic E-state index is -0.645. The molecule has 0 saturated heterocycles. The molecule has 72 valence electrons. The van der Waals surface area contributed by atoms with Gasteiger partial charge in [-0.15, -0.1) is 0 Å². The van der Waals surface area contributed by atoms with Gasteiger partial charge in [-0.1, -0.05) is 15.9 Å². The van der Waals surface area contributed by atoms with Gasteiger partial charge >= 0.3 is 0 Å². The first kappa shape index (κ1) is 10.6. The maximum atomic E-state index is 13.3. The molecule has 0 aliphatic rings. The smallest absolute Gasteiger partial charge is 0.185 e. The van der Waals surface area contributed by atoms with E-state index in [1.165, 1.54) is 20.3 Å². The van der Waals surface area contributed by atoms with E-state index in [1.54, 1.807) is 12.1 Å². The Balaban J connectivity index is 2.99. The average Bonchev–Trinajstić information content (AvgIpc) is 2.10. The molecule has 1 rings (SSSR count). The normalized spacial score (nSPS) is 10.8. The predicted octanol–water partition coefficient (Wildman–Crippen LogP) is 2.88. The molecule has 0 amide bonds. The molecule has 13 heavy (non-hydrogen) atoms. The highest BCUT2D eigenvalue weighted by Crippen LogP contribution is 2.23. The summed E-state index contributed by atoms with van der Waals surface area (Å²) in [6, 6.07) is 4.74. The van der Waals surface area contributed by atoms with E-state index in [4.69, 9.17) is 9.47 Å². The molecule has 1 aromatic rings. The first-order valence-corrected chi connectivity index (χ1v) is 4.49. The van der Waals surface area contributed by atoms with Gasteiger partial charge < -0.3 is 9.47 Å². The number of hydrogen-bond donors (Lipinski definition) is 0. The Kier molecular flexibility index (Phi) is 3.84. The van der Waals surface area contributed by atoms with E-state index in [0.717, 1.165) is 0 Å². The van der Waals surface area contributed by atoms with Crippen molar-refractivity contribution in [3.05, 3.63) is 34.1 Å². The molecule has 0 unspecified atom stereocenters. The number of benzene rings is 1. The second kappa shape index (κ2) is 4.69. The van der Waals surface area contributed by atoms with Crippen LogP contribution in [-0.4, -0.2) is 14.2 Å². The number of methoxy groups -OCH3 is 2. The SMILES string of the molecule is COC(OC)c1ccc(Br)cc1F. The van der Waals surface area contributed by atoms with Crippen LogP contribution in [0.4, 0.5) is 4.39 Å². The van der Waals surface area contributed by atoms with Crippen molar-refractivity contribution in [3.63, 3.8) is 0 Å². The van der Waals surface area contributed by atoms with Gasteiger partial charge in [-0.2, -0.15) is 0 Å². The van der Waals surface area contributed by atoms with E-state index in [2.05, 4.69) is 15.9 Å². The van der Waals surface area contributed by atoms with Crippen LogP contribution in [0.2, 0.25) is 0 Å². The predicted molar refractivity (Wildman–Crippen MR) is 50.9 cm³/mol. The summed E-state index contributed by atoms with van der Waals surface area (Å²) in [6.07, 6.45) is -0.645. The lowest BCUT2D eigenvalue weighted by Crippen LogP contribution is -2.05.